The zero-order chi connectivity index (χ0) is 17.1. The number of piperidine rings is 1. The van der Waals surface area contributed by atoms with E-state index in [2.05, 4.69) is 26.3 Å². The molecule has 0 unspecified atom stereocenters. The molecular weight excluding hydrogens is 368 g/mol. The first-order chi connectivity index (χ1) is 11.6. The molecule has 1 amide bonds. The first-order valence-electron chi connectivity index (χ1n) is 8.34. The maximum absolute atomic E-state index is 12.8. The van der Waals surface area contributed by atoms with Gasteiger partial charge in [0.05, 0.1) is 23.1 Å². The topological polar surface area (TPSA) is 50.2 Å². The lowest BCUT2D eigenvalue weighted by atomic mass is 9.96. The van der Waals surface area contributed by atoms with E-state index in [0.717, 1.165) is 48.3 Å². The van der Waals surface area contributed by atoms with Crippen LogP contribution in [0.25, 0.3) is 5.69 Å². The highest BCUT2D eigenvalue weighted by Crippen LogP contribution is 2.22. The van der Waals surface area contributed by atoms with Crippen LogP contribution in [0.5, 0.6) is 0 Å². The van der Waals surface area contributed by atoms with Crippen LogP contribution in [0.2, 0.25) is 0 Å². The van der Waals surface area contributed by atoms with E-state index in [1.54, 1.807) is 6.20 Å². The molecule has 1 fully saturated rings. The third kappa shape index (κ3) is 3.54. The van der Waals surface area contributed by atoms with Gasteiger partial charge in [0.2, 0.25) is 0 Å². The second kappa shape index (κ2) is 7.49. The van der Waals surface area contributed by atoms with E-state index in [0.29, 0.717) is 11.5 Å². The third-order valence-electron chi connectivity index (χ3n) is 4.69. The van der Waals surface area contributed by atoms with Crippen LogP contribution >= 0.6 is 15.9 Å². The Morgan fingerprint density at radius 1 is 1.38 bits per heavy atom. The highest BCUT2D eigenvalue weighted by atomic mass is 79.9. The van der Waals surface area contributed by atoms with E-state index in [-0.39, 0.29) is 5.91 Å². The number of benzene rings is 1. The van der Waals surface area contributed by atoms with Gasteiger partial charge in [-0.2, -0.15) is 5.10 Å². The Balaban J connectivity index is 1.75. The van der Waals surface area contributed by atoms with Crippen LogP contribution in [0.3, 0.4) is 0 Å². The summed E-state index contributed by atoms with van der Waals surface area (Å²) in [4.78, 5) is 14.8. The molecule has 0 saturated carbocycles. The van der Waals surface area contributed by atoms with Gasteiger partial charge in [-0.3, -0.25) is 4.79 Å². The van der Waals surface area contributed by atoms with E-state index in [1.807, 2.05) is 47.8 Å². The number of likely N-dealkylation sites (tertiary alicyclic amines) is 1. The van der Waals surface area contributed by atoms with Crippen LogP contribution in [0, 0.1) is 12.8 Å². The molecule has 0 atom stereocenters. The summed E-state index contributed by atoms with van der Waals surface area (Å²) in [5.41, 5.74) is 2.53. The average molecular weight is 391 g/mol. The molecule has 5 nitrogen and oxygen atoms in total. The minimum atomic E-state index is 0.0941. The van der Waals surface area contributed by atoms with Gasteiger partial charge in [-0.25, -0.2) is 4.68 Å². The molecule has 0 radical (unpaired) electrons. The molecule has 0 bridgehead atoms. The summed E-state index contributed by atoms with van der Waals surface area (Å²) in [5, 5.41) is 7.65. The van der Waals surface area contributed by atoms with Crippen molar-refractivity contribution in [3.05, 3.63) is 46.2 Å². The van der Waals surface area contributed by atoms with E-state index < -0.39 is 0 Å². The fourth-order valence-corrected chi connectivity index (χ4v) is 3.67. The molecule has 6 heteroatoms. The summed E-state index contributed by atoms with van der Waals surface area (Å²) in [5.74, 6) is 0.765. The van der Waals surface area contributed by atoms with Crippen molar-refractivity contribution in [1.29, 1.82) is 0 Å². The number of nitrogens with zero attached hydrogens (tertiary/aromatic N) is 3. The number of aromatic nitrogens is 2. The fourth-order valence-electron chi connectivity index (χ4n) is 3.29. The van der Waals surface area contributed by atoms with Crippen molar-refractivity contribution in [3.8, 4) is 5.69 Å². The SMILES string of the molecule is CNCC1CCN(C(=O)c2cnn(-c3cccc(Br)c3)c2C)CC1. The number of hydrogen-bond donors (Lipinski definition) is 1. The smallest absolute Gasteiger partial charge is 0.257 e. The van der Waals surface area contributed by atoms with Gasteiger partial charge in [0.1, 0.15) is 0 Å². The van der Waals surface area contributed by atoms with Gasteiger partial charge in [-0.1, -0.05) is 22.0 Å². The average Bonchev–Trinajstić information content (AvgIpc) is 2.97. The number of amides is 1. The summed E-state index contributed by atoms with van der Waals surface area (Å²) in [6, 6.07) is 7.93. The molecule has 0 aliphatic carbocycles. The standard InChI is InChI=1S/C18H23BrN4O/c1-13-17(12-21-23(13)16-5-3-4-15(19)10-16)18(24)22-8-6-14(7-9-22)11-20-2/h3-5,10,12,14,20H,6-9,11H2,1-2H3. The lowest BCUT2D eigenvalue weighted by Gasteiger charge is -2.31. The predicted octanol–water partition coefficient (Wildman–Crippen LogP) is 3.01. The molecule has 2 heterocycles. The Hall–Kier alpha value is -1.66. The molecule has 2 aromatic rings. The van der Waals surface area contributed by atoms with Crippen molar-refractivity contribution in [2.24, 2.45) is 5.92 Å². The first kappa shape index (κ1) is 17.2. The molecule has 1 N–H and O–H groups in total. The van der Waals surface area contributed by atoms with Crippen LogP contribution in [0.15, 0.2) is 34.9 Å². The maximum atomic E-state index is 12.8. The van der Waals surface area contributed by atoms with Crippen molar-refractivity contribution < 1.29 is 4.79 Å². The van der Waals surface area contributed by atoms with E-state index in [4.69, 9.17) is 0 Å². The summed E-state index contributed by atoms with van der Waals surface area (Å²) < 4.78 is 2.82. The van der Waals surface area contributed by atoms with Crippen molar-refractivity contribution in [2.75, 3.05) is 26.7 Å². The van der Waals surface area contributed by atoms with Crippen LogP contribution in [0.4, 0.5) is 0 Å². The minimum absolute atomic E-state index is 0.0941. The normalized spacial score (nSPS) is 15.7. The van der Waals surface area contributed by atoms with Crippen molar-refractivity contribution in [1.82, 2.24) is 20.0 Å². The Bertz CT molecular complexity index is 720. The third-order valence-corrected chi connectivity index (χ3v) is 5.18. The predicted molar refractivity (Wildman–Crippen MR) is 98.6 cm³/mol. The summed E-state index contributed by atoms with van der Waals surface area (Å²) in [6.07, 6.45) is 3.81. The summed E-state index contributed by atoms with van der Waals surface area (Å²) >= 11 is 3.48. The van der Waals surface area contributed by atoms with E-state index in [9.17, 15) is 4.79 Å². The molecule has 1 aliphatic heterocycles. The monoisotopic (exact) mass is 390 g/mol. The van der Waals surface area contributed by atoms with Gasteiger partial charge in [0.25, 0.3) is 5.91 Å². The van der Waals surface area contributed by atoms with E-state index >= 15 is 0 Å². The lowest BCUT2D eigenvalue weighted by molar-refractivity contribution is 0.0690. The number of rotatable bonds is 4. The number of nitrogens with one attached hydrogen (secondary N) is 1. The summed E-state index contributed by atoms with van der Waals surface area (Å²) in [6.45, 7) is 4.64. The van der Waals surface area contributed by atoms with Gasteiger partial charge in [-0.05, 0) is 57.5 Å². The Morgan fingerprint density at radius 3 is 2.79 bits per heavy atom. The Morgan fingerprint density at radius 2 is 2.12 bits per heavy atom. The van der Waals surface area contributed by atoms with Gasteiger partial charge >= 0.3 is 0 Å². The number of carbonyl (C=O) groups excluding carboxylic acids is 1. The van der Waals surface area contributed by atoms with Crippen LogP contribution in [0.1, 0.15) is 28.9 Å². The fraction of sp³-hybridized carbons (Fsp3) is 0.444. The van der Waals surface area contributed by atoms with Gasteiger partial charge in [-0.15, -0.1) is 0 Å². The molecule has 24 heavy (non-hydrogen) atoms. The molecule has 0 spiro atoms. The Labute approximate surface area is 151 Å². The van der Waals surface area contributed by atoms with E-state index in [1.165, 1.54) is 0 Å². The van der Waals surface area contributed by atoms with Crippen molar-refractivity contribution >= 4 is 21.8 Å². The van der Waals surface area contributed by atoms with Crippen LogP contribution in [-0.4, -0.2) is 47.3 Å². The molecule has 1 aromatic heterocycles. The highest BCUT2D eigenvalue weighted by molar-refractivity contribution is 9.10. The number of halogens is 1. The van der Waals surface area contributed by atoms with Gasteiger partial charge < -0.3 is 10.2 Å². The molecule has 1 aliphatic rings. The lowest BCUT2D eigenvalue weighted by Crippen LogP contribution is -2.40. The second-order valence-corrected chi connectivity index (χ2v) is 7.24. The molecular formula is C18H23BrN4O. The quantitative estimate of drug-likeness (QED) is 0.872. The number of hydrogen-bond acceptors (Lipinski definition) is 3. The molecule has 1 saturated heterocycles. The zero-order valence-corrected chi connectivity index (χ0v) is 15.7. The maximum Gasteiger partial charge on any atom is 0.257 e. The van der Waals surface area contributed by atoms with Crippen LogP contribution in [-0.2, 0) is 0 Å². The number of carbonyl (C=O) groups is 1. The largest absolute Gasteiger partial charge is 0.339 e. The molecule has 1 aromatic carbocycles. The van der Waals surface area contributed by atoms with Gasteiger partial charge in [0, 0.05) is 17.6 Å². The molecule has 3 rings (SSSR count). The molecule has 128 valence electrons. The van der Waals surface area contributed by atoms with Gasteiger partial charge in [0.15, 0.2) is 0 Å². The minimum Gasteiger partial charge on any atom is -0.339 e. The van der Waals surface area contributed by atoms with Crippen LogP contribution < -0.4 is 5.32 Å². The first-order valence-corrected chi connectivity index (χ1v) is 9.14. The second-order valence-electron chi connectivity index (χ2n) is 6.33. The van der Waals surface area contributed by atoms with Crippen molar-refractivity contribution in [2.45, 2.75) is 19.8 Å². The zero-order valence-electron chi connectivity index (χ0n) is 14.1. The highest BCUT2D eigenvalue weighted by Gasteiger charge is 2.25. The van der Waals surface area contributed by atoms with Crippen molar-refractivity contribution in [3.63, 3.8) is 0 Å². The Kier molecular flexibility index (Phi) is 5.36. The summed E-state index contributed by atoms with van der Waals surface area (Å²) in [7, 11) is 1.98.